The van der Waals surface area contributed by atoms with Gasteiger partial charge in [0.05, 0.1) is 0 Å². The smallest absolute Gasteiger partial charge is 0.159 e. The first kappa shape index (κ1) is 13.3. The fourth-order valence-electron chi connectivity index (χ4n) is 2.45. The molecule has 0 atom stereocenters. The average Bonchev–Trinajstić information content (AvgIpc) is 2.54. The maximum atomic E-state index is 11.3. The second kappa shape index (κ2) is 5.37. The van der Waals surface area contributed by atoms with Gasteiger partial charge >= 0.3 is 0 Å². The van der Waals surface area contributed by atoms with Crippen LogP contribution in [0.5, 0.6) is 0 Å². The molecular formula is C20H16O. The van der Waals surface area contributed by atoms with Gasteiger partial charge in [0.1, 0.15) is 0 Å². The van der Waals surface area contributed by atoms with E-state index in [1.807, 2.05) is 36.4 Å². The van der Waals surface area contributed by atoms with Gasteiger partial charge in [-0.2, -0.15) is 0 Å². The maximum absolute atomic E-state index is 11.3. The molecule has 1 nitrogen and oxygen atoms in total. The van der Waals surface area contributed by atoms with Crippen molar-refractivity contribution < 1.29 is 4.79 Å². The predicted molar refractivity (Wildman–Crippen MR) is 88.5 cm³/mol. The monoisotopic (exact) mass is 272 g/mol. The van der Waals surface area contributed by atoms with Gasteiger partial charge in [-0.25, -0.2) is 0 Å². The van der Waals surface area contributed by atoms with Crippen LogP contribution in [0.15, 0.2) is 73.3 Å². The normalized spacial score (nSPS) is 10.5. The fraction of sp³-hybridized carbons (Fsp3) is 0.0500. The lowest BCUT2D eigenvalue weighted by molar-refractivity contribution is 0.101. The van der Waals surface area contributed by atoms with Gasteiger partial charge in [0.25, 0.3) is 0 Å². The van der Waals surface area contributed by atoms with Crippen molar-refractivity contribution in [2.24, 2.45) is 0 Å². The molecule has 21 heavy (non-hydrogen) atoms. The molecule has 0 spiro atoms. The molecule has 1 heteroatoms. The lowest BCUT2D eigenvalue weighted by Gasteiger charge is -2.08. The SMILES string of the molecule is C=C(c1ccc(C(C)=O)cc1)c1ccc2ccccc2c1. The third kappa shape index (κ3) is 2.63. The van der Waals surface area contributed by atoms with Crippen LogP contribution in [0.3, 0.4) is 0 Å². The van der Waals surface area contributed by atoms with Gasteiger partial charge < -0.3 is 0 Å². The minimum Gasteiger partial charge on any atom is -0.295 e. The molecule has 0 amide bonds. The number of carbonyl (C=O) groups is 1. The number of ketones is 1. The van der Waals surface area contributed by atoms with Gasteiger partial charge in [0.15, 0.2) is 5.78 Å². The molecule has 0 aliphatic carbocycles. The van der Waals surface area contributed by atoms with Crippen LogP contribution in [-0.2, 0) is 0 Å². The van der Waals surface area contributed by atoms with Crippen LogP contribution in [0.4, 0.5) is 0 Å². The molecule has 3 aromatic rings. The number of Topliss-reactive ketones (excluding diaryl/α,β-unsaturated/α-hetero) is 1. The molecule has 0 unspecified atom stereocenters. The number of rotatable bonds is 3. The van der Waals surface area contributed by atoms with Crippen LogP contribution < -0.4 is 0 Å². The number of hydrogen-bond donors (Lipinski definition) is 0. The van der Waals surface area contributed by atoms with Gasteiger partial charge in [0.2, 0.25) is 0 Å². The second-order valence-electron chi connectivity index (χ2n) is 5.17. The summed E-state index contributed by atoms with van der Waals surface area (Å²) in [4.78, 5) is 11.3. The zero-order valence-electron chi connectivity index (χ0n) is 12.0. The van der Waals surface area contributed by atoms with Crippen molar-refractivity contribution in [3.63, 3.8) is 0 Å². The van der Waals surface area contributed by atoms with E-state index in [0.29, 0.717) is 0 Å². The fourth-order valence-corrected chi connectivity index (χ4v) is 2.45. The summed E-state index contributed by atoms with van der Waals surface area (Å²) in [5.41, 5.74) is 3.83. The third-order valence-corrected chi connectivity index (χ3v) is 3.74. The Morgan fingerprint density at radius 3 is 2.00 bits per heavy atom. The summed E-state index contributed by atoms with van der Waals surface area (Å²) in [5, 5.41) is 2.43. The summed E-state index contributed by atoms with van der Waals surface area (Å²) in [5.74, 6) is 0.0814. The number of benzene rings is 3. The second-order valence-corrected chi connectivity index (χ2v) is 5.17. The van der Waals surface area contributed by atoms with Crippen LogP contribution in [0.25, 0.3) is 16.3 Å². The van der Waals surface area contributed by atoms with E-state index in [0.717, 1.165) is 22.3 Å². The molecule has 0 N–H and O–H groups in total. The molecule has 0 radical (unpaired) electrons. The van der Waals surface area contributed by atoms with Gasteiger partial charge in [-0.05, 0) is 40.5 Å². The highest BCUT2D eigenvalue weighted by Gasteiger charge is 2.05. The zero-order chi connectivity index (χ0) is 14.8. The molecule has 0 heterocycles. The topological polar surface area (TPSA) is 17.1 Å². The predicted octanol–water partition coefficient (Wildman–Crippen LogP) is 5.10. The van der Waals surface area contributed by atoms with Crippen molar-refractivity contribution >= 4 is 22.1 Å². The van der Waals surface area contributed by atoms with E-state index in [1.165, 1.54) is 10.8 Å². The number of hydrogen-bond acceptors (Lipinski definition) is 1. The zero-order valence-corrected chi connectivity index (χ0v) is 12.0. The molecule has 0 aliphatic rings. The molecule has 0 fully saturated rings. The summed E-state index contributed by atoms with van der Waals surface area (Å²) in [6.07, 6.45) is 0. The molecule has 0 aliphatic heterocycles. The molecule has 3 rings (SSSR count). The first-order valence-corrected chi connectivity index (χ1v) is 6.94. The van der Waals surface area contributed by atoms with Crippen LogP contribution in [0, 0.1) is 0 Å². The quantitative estimate of drug-likeness (QED) is 0.606. The highest BCUT2D eigenvalue weighted by molar-refractivity contribution is 5.95. The minimum atomic E-state index is 0.0814. The Morgan fingerprint density at radius 2 is 1.33 bits per heavy atom. The van der Waals surface area contributed by atoms with Crippen LogP contribution in [0.1, 0.15) is 28.4 Å². The summed E-state index contributed by atoms with van der Waals surface area (Å²) in [6.45, 7) is 5.77. The molecule has 0 bridgehead atoms. The lowest BCUT2D eigenvalue weighted by atomic mass is 9.96. The van der Waals surface area contributed by atoms with Crippen molar-refractivity contribution in [1.82, 2.24) is 0 Å². The first-order valence-electron chi connectivity index (χ1n) is 6.94. The lowest BCUT2D eigenvalue weighted by Crippen LogP contribution is -1.92. The van der Waals surface area contributed by atoms with Crippen LogP contribution in [-0.4, -0.2) is 5.78 Å². The van der Waals surface area contributed by atoms with E-state index >= 15 is 0 Å². The summed E-state index contributed by atoms with van der Waals surface area (Å²) >= 11 is 0. The molecular weight excluding hydrogens is 256 g/mol. The third-order valence-electron chi connectivity index (χ3n) is 3.74. The minimum absolute atomic E-state index is 0.0814. The first-order chi connectivity index (χ1) is 10.1. The van der Waals surface area contributed by atoms with Crippen molar-refractivity contribution in [3.8, 4) is 0 Å². The van der Waals surface area contributed by atoms with Crippen molar-refractivity contribution in [1.29, 1.82) is 0 Å². The van der Waals surface area contributed by atoms with E-state index in [9.17, 15) is 4.79 Å². The van der Waals surface area contributed by atoms with E-state index in [-0.39, 0.29) is 5.78 Å². The van der Waals surface area contributed by atoms with Gasteiger partial charge in [0, 0.05) is 5.56 Å². The number of carbonyl (C=O) groups excluding carboxylic acids is 1. The Bertz CT molecular complexity index is 826. The highest BCUT2D eigenvalue weighted by Crippen LogP contribution is 2.25. The van der Waals surface area contributed by atoms with Crippen LogP contribution in [0.2, 0.25) is 0 Å². The maximum Gasteiger partial charge on any atom is 0.159 e. The van der Waals surface area contributed by atoms with E-state index in [2.05, 4.69) is 36.9 Å². The summed E-state index contributed by atoms with van der Waals surface area (Å²) in [7, 11) is 0. The van der Waals surface area contributed by atoms with E-state index < -0.39 is 0 Å². The van der Waals surface area contributed by atoms with E-state index in [1.54, 1.807) is 6.92 Å². The average molecular weight is 272 g/mol. The van der Waals surface area contributed by atoms with Crippen molar-refractivity contribution in [2.75, 3.05) is 0 Å². The Kier molecular flexibility index (Phi) is 3.41. The molecule has 0 aromatic heterocycles. The Hall–Kier alpha value is -2.67. The van der Waals surface area contributed by atoms with Crippen molar-refractivity contribution in [2.45, 2.75) is 6.92 Å². The summed E-state index contributed by atoms with van der Waals surface area (Å²) < 4.78 is 0. The highest BCUT2D eigenvalue weighted by atomic mass is 16.1. The Balaban J connectivity index is 1.97. The largest absolute Gasteiger partial charge is 0.295 e. The molecule has 0 saturated carbocycles. The van der Waals surface area contributed by atoms with E-state index in [4.69, 9.17) is 0 Å². The van der Waals surface area contributed by atoms with Gasteiger partial charge in [-0.15, -0.1) is 0 Å². The molecule has 102 valence electrons. The number of fused-ring (bicyclic) bond motifs is 1. The Morgan fingerprint density at radius 1 is 0.762 bits per heavy atom. The van der Waals surface area contributed by atoms with Crippen molar-refractivity contribution in [3.05, 3.63) is 90.0 Å². The van der Waals surface area contributed by atoms with Gasteiger partial charge in [-0.1, -0.05) is 67.2 Å². The standard InChI is InChI=1S/C20H16O/c1-14(16-7-9-17(10-8-16)15(2)21)19-12-11-18-5-3-4-6-20(18)13-19/h3-13H,1H2,2H3. The van der Waals surface area contributed by atoms with Gasteiger partial charge in [-0.3, -0.25) is 4.79 Å². The Labute approximate surface area is 124 Å². The molecule has 3 aromatic carbocycles. The summed E-state index contributed by atoms with van der Waals surface area (Å²) in [6, 6.07) is 22.2. The molecule has 0 saturated heterocycles. The van der Waals surface area contributed by atoms with Crippen LogP contribution >= 0.6 is 0 Å².